The highest BCUT2D eigenvalue weighted by atomic mass is 35.5. The second-order valence-corrected chi connectivity index (χ2v) is 3.06. The Kier molecular flexibility index (Phi) is 4.24. The van der Waals surface area contributed by atoms with Crippen LogP contribution in [0.3, 0.4) is 0 Å². The van der Waals surface area contributed by atoms with Crippen molar-refractivity contribution in [3.05, 3.63) is 41.4 Å². The van der Waals surface area contributed by atoms with E-state index in [1.54, 1.807) is 0 Å². The monoisotopic (exact) mass is 270 g/mol. The van der Waals surface area contributed by atoms with Crippen LogP contribution in [0.15, 0.2) is 15.3 Å². The molecule has 17 heavy (non-hydrogen) atoms. The van der Waals surface area contributed by atoms with Gasteiger partial charge in [-0.2, -0.15) is 0 Å². The SMILES string of the molecule is [N-]=[N+]=Nc1nc(N=[N+]=[N-])c(Cl)c(N=[N+]=[N-])c1Cl. The lowest BCUT2D eigenvalue weighted by atomic mass is 10.3. The predicted octanol–water partition coefficient (Wildman–Crippen LogP) is 5.21. The summed E-state index contributed by atoms with van der Waals surface area (Å²) in [5.41, 5.74) is 24.6. The summed E-state index contributed by atoms with van der Waals surface area (Å²) in [5.74, 6) is -0.605. The molecule has 1 aromatic rings. The fourth-order valence-electron chi connectivity index (χ4n) is 0.856. The highest BCUT2D eigenvalue weighted by molar-refractivity contribution is 6.41. The number of nitrogens with zero attached hydrogens (tertiary/aromatic N) is 10. The standard InChI is InChI=1S/C5Cl2N10/c6-1-3(12-15-8)2(7)5(14-17-10)11-4(1)13-16-9. The van der Waals surface area contributed by atoms with Crippen LogP contribution in [0.4, 0.5) is 17.3 Å². The smallest absolute Gasteiger partial charge is 0.146 e. The highest BCUT2D eigenvalue weighted by Gasteiger charge is 2.14. The van der Waals surface area contributed by atoms with Crippen LogP contribution in [0.1, 0.15) is 0 Å². The van der Waals surface area contributed by atoms with Crippen LogP contribution in [0.5, 0.6) is 0 Å². The first kappa shape index (κ1) is 12.7. The van der Waals surface area contributed by atoms with Crippen molar-refractivity contribution in [3.63, 3.8) is 0 Å². The first-order valence-electron chi connectivity index (χ1n) is 3.70. The van der Waals surface area contributed by atoms with Crippen molar-refractivity contribution in [2.45, 2.75) is 0 Å². The molecule has 1 heterocycles. The maximum atomic E-state index is 8.32. The summed E-state index contributed by atoms with van der Waals surface area (Å²) in [7, 11) is 0. The third-order valence-electron chi connectivity index (χ3n) is 1.44. The lowest BCUT2D eigenvalue weighted by molar-refractivity contribution is 1.21. The maximum absolute atomic E-state index is 8.32. The summed E-state index contributed by atoms with van der Waals surface area (Å²) in [6.45, 7) is 0. The summed E-state index contributed by atoms with van der Waals surface area (Å²) in [6, 6.07) is 0. The van der Waals surface area contributed by atoms with Gasteiger partial charge in [0.2, 0.25) is 0 Å². The van der Waals surface area contributed by atoms with Gasteiger partial charge in [0.25, 0.3) is 0 Å². The third-order valence-corrected chi connectivity index (χ3v) is 2.14. The molecular formula is C5Cl2N10. The van der Waals surface area contributed by atoms with E-state index in [1.165, 1.54) is 0 Å². The van der Waals surface area contributed by atoms with Crippen LogP contribution in [0, 0.1) is 0 Å². The quantitative estimate of drug-likeness (QED) is 0.411. The minimum Gasteiger partial charge on any atom is -0.241 e. The zero-order chi connectivity index (χ0) is 12.8. The van der Waals surface area contributed by atoms with Gasteiger partial charge >= 0.3 is 0 Å². The molecule has 0 radical (unpaired) electrons. The van der Waals surface area contributed by atoms with Crippen LogP contribution < -0.4 is 0 Å². The van der Waals surface area contributed by atoms with Crippen molar-refractivity contribution < 1.29 is 0 Å². The van der Waals surface area contributed by atoms with Crippen molar-refractivity contribution in [2.75, 3.05) is 0 Å². The van der Waals surface area contributed by atoms with Crippen LogP contribution in [-0.2, 0) is 0 Å². The molecule has 0 saturated heterocycles. The number of pyridine rings is 1. The summed E-state index contributed by atoms with van der Waals surface area (Å²) in [4.78, 5) is 11.0. The molecule has 0 amide bonds. The minimum atomic E-state index is -0.302. The van der Waals surface area contributed by atoms with Gasteiger partial charge in [-0.05, 0) is 26.8 Å². The largest absolute Gasteiger partial charge is 0.241 e. The van der Waals surface area contributed by atoms with Crippen LogP contribution >= 0.6 is 23.2 Å². The Morgan fingerprint density at radius 1 is 0.824 bits per heavy atom. The van der Waals surface area contributed by atoms with Gasteiger partial charge in [0.1, 0.15) is 11.6 Å². The van der Waals surface area contributed by atoms with E-state index in [9.17, 15) is 0 Å². The Morgan fingerprint density at radius 2 is 1.24 bits per heavy atom. The molecule has 0 bridgehead atoms. The van der Waals surface area contributed by atoms with Crippen LogP contribution in [0.25, 0.3) is 31.3 Å². The normalized spacial score (nSPS) is 8.59. The van der Waals surface area contributed by atoms with Crippen LogP contribution in [0.2, 0.25) is 10.0 Å². The van der Waals surface area contributed by atoms with E-state index in [0.717, 1.165) is 0 Å². The molecule has 12 heteroatoms. The summed E-state index contributed by atoms with van der Waals surface area (Å²) in [5, 5.41) is 9.02. The lowest BCUT2D eigenvalue weighted by Crippen LogP contribution is -1.80. The predicted molar refractivity (Wildman–Crippen MR) is 60.7 cm³/mol. The van der Waals surface area contributed by atoms with Gasteiger partial charge in [-0.1, -0.05) is 28.3 Å². The summed E-state index contributed by atoms with van der Waals surface area (Å²) < 4.78 is 0. The molecule has 1 aromatic heterocycles. The molecule has 0 aliphatic rings. The topological polar surface area (TPSA) is 159 Å². The van der Waals surface area contributed by atoms with E-state index < -0.39 is 0 Å². The molecular weight excluding hydrogens is 271 g/mol. The Morgan fingerprint density at radius 3 is 1.59 bits per heavy atom. The number of hydrogen-bond acceptors (Lipinski definition) is 4. The number of azide groups is 3. The second kappa shape index (κ2) is 5.66. The average molecular weight is 271 g/mol. The molecule has 0 N–H and O–H groups in total. The van der Waals surface area contributed by atoms with Crippen molar-refractivity contribution in [1.82, 2.24) is 4.98 Å². The molecule has 84 valence electrons. The van der Waals surface area contributed by atoms with Crippen molar-refractivity contribution in [2.24, 2.45) is 15.3 Å². The van der Waals surface area contributed by atoms with Gasteiger partial charge in [0, 0.05) is 14.7 Å². The van der Waals surface area contributed by atoms with Crippen LogP contribution in [-0.4, -0.2) is 4.98 Å². The number of rotatable bonds is 3. The zero-order valence-corrected chi connectivity index (χ0v) is 9.24. The zero-order valence-electron chi connectivity index (χ0n) is 7.73. The highest BCUT2D eigenvalue weighted by Crippen LogP contribution is 2.43. The summed E-state index contributed by atoms with van der Waals surface area (Å²) in [6.07, 6.45) is 0. The minimum absolute atomic E-state index is 0.226. The molecule has 0 atom stereocenters. The Bertz CT molecular complexity index is 561. The van der Waals surface area contributed by atoms with E-state index in [-0.39, 0.29) is 27.4 Å². The Hall–Kier alpha value is -2.34. The van der Waals surface area contributed by atoms with E-state index in [0.29, 0.717) is 0 Å². The molecule has 0 saturated carbocycles. The van der Waals surface area contributed by atoms with E-state index in [1.807, 2.05) is 0 Å². The van der Waals surface area contributed by atoms with Gasteiger partial charge in [-0.3, -0.25) is 0 Å². The molecule has 0 spiro atoms. The third kappa shape index (κ3) is 2.61. The van der Waals surface area contributed by atoms with E-state index in [2.05, 4.69) is 35.1 Å². The van der Waals surface area contributed by atoms with Crippen molar-refractivity contribution in [1.29, 1.82) is 0 Å². The number of halogens is 2. The van der Waals surface area contributed by atoms with E-state index in [4.69, 9.17) is 39.8 Å². The molecule has 0 aliphatic carbocycles. The molecule has 1 rings (SSSR count). The van der Waals surface area contributed by atoms with Gasteiger partial charge in [-0.25, -0.2) is 4.98 Å². The van der Waals surface area contributed by atoms with Crippen molar-refractivity contribution in [3.8, 4) is 0 Å². The summed E-state index contributed by atoms with van der Waals surface area (Å²) >= 11 is 11.5. The maximum Gasteiger partial charge on any atom is 0.146 e. The molecule has 0 unspecified atom stereocenters. The van der Waals surface area contributed by atoms with Crippen molar-refractivity contribution >= 4 is 40.5 Å². The first-order valence-corrected chi connectivity index (χ1v) is 4.45. The average Bonchev–Trinajstić information content (AvgIpc) is 2.31. The van der Waals surface area contributed by atoms with Gasteiger partial charge in [-0.15, -0.1) is 0 Å². The first-order chi connectivity index (χ1) is 8.15. The van der Waals surface area contributed by atoms with Gasteiger partial charge in [0.15, 0.2) is 0 Å². The molecule has 0 aromatic carbocycles. The second-order valence-electron chi connectivity index (χ2n) is 2.30. The fourth-order valence-corrected chi connectivity index (χ4v) is 1.33. The van der Waals surface area contributed by atoms with E-state index >= 15 is 0 Å². The Balaban J connectivity index is 3.73. The fraction of sp³-hybridized carbons (Fsp3) is 0. The Labute approximate surface area is 103 Å². The molecule has 0 aliphatic heterocycles. The number of aromatic nitrogens is 1. The van der Waals surface area contributed by atoms with Gasteiger partial charge in [0.05, 0.1) is 15.7 Å². The number of hydrogen-bond donors (Lipinski definition) is 0. The van der Waals surface area contributed by atoms with Gasteiger partial charge < -0.3 is 0 Å². The molecule has 10 nitrogen and oxygen atoms in total. The molecule has 0 fully saturated rings. The lowest BCUT2D eigenvalue weighted by Gasteiger charge is -2.05.